The molecule has 2 aromatic rings. The molecule has 2 unspecified atom stereocenters. The Kier molecular flexibility index (Phi) is 12.1. The van der Waals surface area contributed by atoms with Crippen molar-refractivity contribution < 1.29 is 17.9 Å². The zero-order chi connectivity index (χ0) is 22.7. The lowest BCUT2D eigenvalue weighted by atomic mass is 9.97. The Morgan fingerprint density at radius 2 is 1.72 bits per heavy atom. The second-order valence-electron chi connectivity index (χ2n) is 7.74. The van der Waals surface area contributed by atoms with Crippen molar-refractivity contribution in [2.75, 3.05) is 30.7 Å². The van der Waals surface area contributed by atoms with Crippen LogP contribution in [0.4, 0.5) is 5.69 Å². The normalized spacial score (nSPS) is 12.8. The molecule has 0 aliphatic rings. The molecule has 9 heteroatoms. The average molecular weight is 484 g/mol. The molecule has 32 heavy (non-hydrogen) atoms. The van der Waals surface area contributed by atoms with Crippen LogP contribution >= 0.6 is 12.4 Å². The molecular formula is C23H34ClN3O4S. The highest BCUT2D eigenvalue weighted by molar-refractivity contribution is 7.92. The van der Waals surface area contributed by atoms with Gasteiger partial charge in [-0.2, -0.15) is 0 Å². The van der Waals surface area contributed by atoms with Gasteiger partial charge in [0.25, 0.3) is 0 Å². The first-order valence-electron chi connectivity index (χ1n) is 10.5. The van der Waals surface area contributed by atoms with Crippen LogP contribution in [0.3, 0.4) is 0 Å². The number of rotatable bonds is 13. The van der Waals surface area contributed by atoms with Crippen molar-refractivity contribution >= 4 is 34.0 Å². The fourth-order valence-corrected chi connectivity index (χ4v) is 4.65. The predicted molar refractivity (Wildman–Crippen MR) is 132 cm³/mol. The molecule has 0 fully saturated rings. The van der Waals surface area contributed by atoms with Gasteiger partial charge in [-0.25, -0.2) is 8.42 Å². The van der Waals surface area contributed by atoms with Crippen LogP contribution in [0.2, 0.25) is 0 Å². The summed E-state index contributed by atoms with van der Waals surface area (Å²) in [5, 5.41) is 2.90. The van der Waals surface area contributed by atoms with Crippen LogP contribution < -0.4 is 20.5 Å². The van der Waals surface area contributed by atoms with Gasteiger partial charge >= 0.3 is 0 Å². The van der Waals surface area contributed by atoms with Crippen LogP contribution in [0, 0.1) is 5.92 Å². The third-order valence-electron chi connectivity index (χ3n) is 5.14. The van der Waals surface area contributed by atoms with Crippen molar-refractivity contribution in [2.45, 2.75) is 32.1 Å². The molecule has 0 heterocycles. The largest absolute Gasteiger partial charge is 0.497 e. The SMILES string of the molecule is COc1ccc(NS(=O)(=O)CC(CCNC(=O)CCC(C)CN)c2ccccc2)cc1.Cl. The van der Waals surface area contributed by atoms with E-state index in [2.05, 4.69) is 10.0 Å². The van der Waals surface area contributed by atoms with Gasteiger partial charge in [0.2, 0.25) is 15.9 Å². The van der Waals surface area contributed by atoms with Crippen molar-refractivity contribution in [3.8, 4) is 5.75 Å². The van der Waals surface area contributed by atoms with Crippen molar-refractivity contribution in [3.05, 3.63) is 60.2 Å². The maximum atomic E-state index is 12.8. The van der Waals surface area contributed by atoms with Gasteiger partial charge in [-0.1, -0.05) is 37.3 Å². The Morgan fingerprint density at radius 3 is 2.31 bits per heavy atom. The summed E-state index contributed by atoms with van der Waals surface area (Å²) in [5.74, 6) is 0.591. The lowest BCUT2D eigenvalue weighted by Gasteiger charge is -2.19. The molecule has 0 spiro atoms. The number of hydrogen-bond donors (Lipinski definition) is 3. The molecular weight excluding hydrogens is 450 g/mol. The molecule has 7 nitrogen and oxygen atoms in total. The summed E-state index contributed by atoms with van der Waals surface area (Å²) in [4.78, 5) is 12.1. The number of sulfonamides is 1. The van der Waals surface area contributed by atoms with Crippen LogP contribution in [0.25, 0.3) is 0 Å². The Labute approximate surface area is 197 Å². The molecule has 2 atom stereocenters. The smallest absolute Gasteiger partial charge is 0.233 e. The molecule has 0 aliphatic heterocycles. The van der Waals surface area contributed by atoms with Gasteiger partial charge in [-0.05, 0) is 55.1 Å². The number of nitrogens with one attached hydrogen (secondary N) is 2. The van der Waals surface area contributed by atoms with E-state index in [1.54, 1.807) is 31.4 Å². The zero-order valence-corrected chi connectivity index (χ0v) is 20.3. The van der Waals surface area contributed by atoms with Crippen molar-refractivity contribution in [1.29, 1.82) is 0 Å². The van der Waals surface area contributed by atoms with Gasteiger partial charge in [-0.15, -0.1) is 12.4 Å². The fourth-order valence-electron chi connectivity index (χ4n) is 3.19. The second kappa shape index (κ2) is 14.0. The van der Waals surface area contributed by atoms with Crippen molar-refractivity contribution in [3.63, 3.8) is 0 Å². The lowest BCUT2D eigenvalue weighted by Crippen LogP contribution is -2.28. The number of carbonyl (C=O) groups excluding carboxylic acids is 1. The van der Waals surface area contributed by atoms with E-state index in [0.29, 0.717) is 43.3 Å². The Bertz CT molecular complexity index is 909. The topological polar surface area (TPSA) is 111 Å². The van der Waals surface area contributed by atoms with E-state index in [4.69, 9.17) is 10.5 Å². The van der Waals surface area contributed by atoms with E-state index in [-0.39, 0.29) is 30.0 Å². The summed E-state index contributed by atoms with van der Waals surface area (Å²) in [6.45, 7) is 2.98. The van der Waals surface area contributed by atoms with E-state index < -0.39 is 10.0 Å². The summed E-state index contributed by atoms with van der Waals surface area (Å²) in [6, 6.07) is 16.2. The summed E-state index contributed by atoms with van der Waals surface area (Å²) < 4.78 is 33.3. The van der Waals surface area contributed by atoms with Gasteiger partial charge in [-0.3, -0.25) is 9.52 Å². The third kappa shape index (κ3) is 9.89. The number of carbonyl (C=O) groups is 1. The number of anilines is 1. The Balaban J connectivity index is 0.00000512. The van der Waals surface area contributed by atoms with Crippen LogP contribution in [0.1, 0.15) is 37.7 Å². The molecule has 1 amide bonds. The highest BCUT2D eigenvalue weighted by Gasteiger charge is 2.21. The molecule has 0 saturated heterocycles. The van der Waals surface area contributed by atoms with Gasteiger partial charge < -0.3 is 15.8 Å². The molecule has 0 aromatic heterocycles. The number of amides is 1. The first-order valence-corrected chi connectivity index (χ1v) is 12.1. The zero-order valence-electron chi connectivity index (χ0n) is 18.6. The first kappa shape index (κ1) is 27.7. The molecule has 0 aliphatic carbocycles. The first-order chi connectivity index (χ1) is 14.8. The Morgan fingerprint density at radius 1 is 1.06 bits per heavy atom. The van der Waals surface area contributed by atoms with Crippen LogP contribution in [0.5, 0.6) is 5.75 Å². The van der Waals surface area contributed by atoms with E-state index in [9.17, 15) is 13.2 Å². The molecule has 2 aromatic carbocycles. The van der Waals surface area contributed by atoms with Crippen molar-refractivity contribution in [2.24, 2.45) is 11.7 Å². The highest BCUT2D eigenvalue weighted by atomic mass is 35.5. The number of nitrogens with two attached hydrogens (primary N) is 1. The molecule has 0 saturated carbocycles. The summed E-state index contributed by atoms with van der Waals surface area (Å²) in [7, 11) is -2.04. The van der Waals surface area contributed by atoms with E-state index >= 15 is 0 Å². The molecule has 2 rings (SSSR count). The number of halogens is 1. The minimum absolute atomic E-state index is 0. The van der Waals surface area contributed by atoms with Crippen LogP contribution in [0.15, 0.2) is 54.6 Å². The average Bonchev–Trinajstić information content (AvgIpc) is 2.77. The number of benzene rings is 2. The summed E-state index contributed by atoms with van der Waals surface area (Å²) in [5.41, 5.74) is 7.00. The molecule has 0 bridgehead atoms. The highest BCUT2D eigenvalue weighted by Crippen LogP contribution is 2.23. The minimum Gasteiger partial charge on any atom is -0.497 e. The quantitative estimate of drug-likeness (QED) is 0.403. The van der Waals surface area contributed by atoms with Gasteiger partial charge in [0.05, 0.1) is 12.9 Å². The second-order valence-corrected chi connectivity index (χ2v) is 9.50. The van der Waals surface area contributed by atoms with E-state index in [0.717, 1.165) is 12.0 Å². The maximum absolute atomic E-state index is 12.8. The maximum Gasteiger partial charge on any atom is 0.233 e. The standard InChI is InChI=1S/C23H33N3O4S.ClH/c1-18(16-24)8-13-23(27)25-15-14-20(19-6-4-3-5-7-19)17-31(28,29)26-21-9-11-22(30-2)12-10-21;/h3-7,9-12,18,20,26H,8,13-17,24H2,1-2H3,(H,25,27);1H. The van der Waals surface area contributed by atoms with Gasteiger partial charge in [0.1, 0.15) is 5.75 Å². The summed E-state index contributed by atoms with van der Waals surface area (Å²) in [6.07, 6.45) is 1.68. The van der Waals surface area contributed by atoms with E-state index in [1.807, 2.05) is 37.3 Å². The lowest BCUT2D eigenvalue weighted by molar-refractivity contribution is -0.121. The van der Waals surface area contributed by atoms with Crippen LogP contribution in [-0.2, 0) is 14.8 Å². The predicted octanol–water partition coefficient (Wildman–Crippen LogP) is 3.52. The monoisotopic (exact) mass is 483 g/mol. The number of methoxy groups -OCH3 is 1. The Hall–Kier alpha value is -2.29. The summed E-state index contributed by atoms with van der Waals surface area (Å²) >= 11 is 0. The van der Waals surface area contributed by atoms with Gasteiger partial charge in [0.15, 0.2) is 0 Å². The van der Waals surface area contributed by atoms with Crippen molar-refractivity contribution in [1.82, 2.24) is 5.32 Å². The van der Waals surface area contributed by atoms with Gasteiger partial charge in [0, 0.05) is 24.6 Å². The minimum atomic E-state index is -3.59. The molecule has 178 valence electrons. The molecule has 4 N–H and O–H groups in total. The molecule has 0 radical (unpaired) electrons. The number of ether oxygens (including phenoxy) is 1. The van der Waals surface area contributed by atoms with Crippen LogP contribution in [-0.4, -0.2) is 40.3 Å². The third-order valence-corrected chi connectivity index (χ3v) is 6.52. The fraction of sp³-hybridized carbons (Fsp3) is 0.435. The number of hydrogen-bond acceptors (Lipinski definition) is 5. The van der Waals surface area contributed by atoms with E-state index in [1.165, 1.54) is 0 Å².